The van der Waals surface area contributed by atoms with Crippen molar-refractivity contribution in [1.82, 2.24) is 10.3 Å². The normalized spacial score (nSPS) is 11.6. The first kappa shape index (κ1) is 37.4. The van der Waals surface area contributed by atoms with Gasteiger partial charge in [-0.15, -0.1) is 23.1 Å². The average molecular weight is 757 g/mol. The van der Waals surface area contributed by atoms with Crippen LogP contribution in [0, 0.1) is 0 Å². The van der Waals surface area contributed by atoms with Gasteiger partial charge in [0, 0.05) is 38.7 Å². The van der Waals surface area contributed by atoms with Gasteiger partial charge in [-0.2, -0.15) is 0 Å². The lowest BCUT2D eigenvalue weighted by Crippen LogP contribution is -2.30. The minimum atomic E-state index is -0.599. The zero-order valence-electron chi connectivity index (χ0n) is 29.6. The lowest BCUT2D eigenvalue weighted by Gasteiger charge is -2.17. The second-order valence-electron chi connectivity index (χ2n) is 11.6. The summed E-state index contributed by atoms with van der Waals surface area (Å²) >= 11 is 2.71. The van der Waals surface area contributed by atoms with Gasteiger partial charge in [-0.25, -0.2) is 4.98 Å². The number of nitrogens with zero attached hydrogens (tertiary/aromatic N) is 1. The minimum absolute atomic E-state index is 0.00308. The molecule has 0 saturated carbocycles. The molecule has 6 aromatic rings. The van der Waals surface area contributed by atoms with Crippen molar-refractivity contribution in [1.29, 1.82) is 0 Å². The summed E-state index contributed by atoms with van der Waals surface area (Å²) in [6.45, 7) is 0. The number of nitrogens with one attached hydrogen (secondary N) is 3. The number of amides is 3. The molecule has 10 nitrogen and oxygen atoms in total. The molecule has 0 spiro atoms. The summed E-state index contributed by atoms with van der Waals surface area (Å²) in [5.41, 5.74) is 3.87. The maximum absolute atomic E-state index is 13.8. The largest absolute Gasteiger partial charge is 0.497 e. The smallest absolute Gasteiger partial charge is 0.272 e. The van der Waals surface area contributed by atoms with Gasteiger partial charge in [0.2, 0.25) is 5.91 Å². The van der Waals surface area contributed by atoms with E-state index in [0.717, 1.165) is 27.5 Å². The fourth-order valence-corrected chi connectivity index (χ4v) is 7.05. The molecule has 12 heteroatoms. The van der Waals surface area contributed by atoms with Crippen LogP contribution in [-0.4, -0.2) is 44.0 Å². The molecule has 3 N–H and O–H groups in total. The van der Waals surface area contributed by atoms with Gasteiger partial charge < -0.3 is 30.2 Å². The van der Waals surface area contributed by atoms with Crippen molar-refractivity contribution in [3.05, 3.63) is 155 Å². The summed E-state index contributed by atoms with van der Waals surface area (Å²) < 4.78 is 16.2. The summed E-state index contributed by atoms with van der Waals surface area (Å²) in [6.07, 6.45) is 1.55. The first-order chi connectivity index (χ1) is 26.3. The van der Waals surface area contributed by atoms with Gasteiger partial charge in [0.05, 0.1) is 27.0 Å². The van der Waals surface area contributed by atoms with E-state index in [1.165, 1.54) is 30.2 Å². The Hall–Kier alpha value is -6.37. The third kappa shape index (κ3) is 9.54. The molecule has 0 fully saturated rings. The molecule has 1 heterocycles. The van der Waals surface area contributed by atoms with Crippen LogP contribution in [0.15, 0.2) is 143 Å². The summed E-state index contributed by atoms with van der Waals surface area (Å²) in [6, 6.07) is 38.0. The average Bonchev–Trinajstić information content (AvgIpc) is 3.69. The first-order valence-electron chi connectivity index (χ1n) is 16.7. The van der Waals surface area contributed by atoms with E-state index in [1.54, 1.807) is 81.0 Å². The number of thioether (sulfide) groups is 1. The number of thiazole rings is 1. The maximum Gasteiger partial charge on any atom is 0.272 e. The van der Waals surface area contributed by atoms with E-state index >= 15 is 0 Å². The van der Waals surface area contributed by atoms with Crippen LogP contribution in [0.25, 0.3) is 17.3 Å². The number of benzene rings is 5. The molecule has 0 aliphatic heterocycles. The van der Waals surface area contributed by atoms with Gasteiger partial charge in [-0.05, 0) is 72.3 Å². The van der Waals surface area contributed by atoms with E-state index in [-0.39, 0.29) is 11.6 Å². The Balaban J connectivity index is 1.19. The standard InChI is InChI=1S/C42H36N4O6S2/c1-50-32-16-10-15-29(23-32)36-26-53-42(45-36)46-41(49)38(27-11-6-4-7-12-27)54-34-21-18-31(19-22-34)43-40(48)35(44-39(47)28-13-8-5-9-14-28)24-30-17-20-33(51-2)25-37(30)52-3/h4-26,38H,1-3H3,(H,43,48)(H,44,47)(H,45,46,49)/b35-24-. The molecule has 1 aromatic heterocycles. The van der Waals surface area contributed by atoms with Crippen LogP contribution in [0.3, 0.4) is 0 Å². The highest BCUT2D eigenvalue weighted by Crippen LogP contribution is 2.37. The van der Waals surface area contributed by atoms with Gasteiger partial charge in [-0.3, -0.25) is 14.4 Å². The molecule has 54 heavy (non-hydrogen) atoms. The monoisotopic (exact) mass is 756 g/mol. The molecule has 272 valence electrons. The number of hydrogen-bond donors (Lipinski definition) is 3. The van der Waals surface area contributed by atoms with Crippen molar-refractivity contribution in [2.75, 3.05) is 32.0 Å². The quantitative estimate of drug-likeness (QED) is 0.0744. The molecular weight excluding hydrogens is 721 g/mol. The lowest BCUT2D eigenvalue weighted by molar-refractivity contribution is -0.116. The van der Waals surface area contributed by atoms with E-state index < -0.39 is 17.1 Å². The molecule has 0 radical (unpaired) electrons. The van der Waals surface area contributed by atoms with Crippen molar-refractivity contribution < 1.29 is 28.6 Å². The molecule has 0 saturated heterocycles. The number of ether oxygens (including phenoxy) is 3. The lowest BCUT2D eigenvalue weighted by atomic mass is 10.1. The maximum atomic E-state index is 13.8. The highest BCUT2D eigenvalue weighted by molar-refractivity contribution is 8.00. The van der Waals surface area contributed by atoms with Crippen LogP contribution < -0.4 is 30.2 Å². The number of hydrogen-bond acceptors (Lipinski definition) is 9. The molecule has 0 aliphatic rings. The zero-order chi connectivity index (χ0) is 37.9. The number of carbonyl (C=O) groups excluding carboxylic acids is 3. The van der Waals surface area contributed by atoms with Gasteiger partial charge in [0.25, 0.3) is 11.8 Å². The predicted octanol–water partition coefficient (Wildman–Crippen LogP) is 8.72. The Morgan fingerprint density at radius 3 is 2.15 bits per heavy atom. The van der Waals surface area contributed by atoms with Gasteiger partial charge in [-0.1, -0.05) is 60.7 Å². The highest BCUT2D eigenvalue weighted by atomic mass is 32.2. The molecule has 6 rings (SSSR count). The Morgan fingerprint density at radius 1 is 0.741 bits per heavy atom. The van der Waals surface area contributed by atoms with Crippen LogP contribution >= 0.6 is 23.1 Å². The van der Waals surface area contributed by atoms with E-state index in [2.05, 4.69) is 20.9 Å². The molecular formula is C42H36N4O6S2. The van der Waals surface area contributed by atoms with Gasteiger partial charge in [0.15, 0.2) is 5.13 Å². The fraction of sp³-hybridized carbons (Fsp3) is 0.0952. The number of methoxy groups -OCH3 is 3. The minimum Gasteiger partial charge on any atom is -0.497 e. The van der Waals surface area contributed by atoms with Crippen molar-refractivity contribution >= 4 is 57.7 Å². The Morgan fingerprint density at radius 2 is 1.44 bits per heavy atom. The van der Waals surface area contributed by atoms with Crippen LogP contribution in [0.2, 0.25) is 0 Å². The molecule has 1 atom stereocenters. The van der Waals surface area contributed by atoms with Crippen molar-refractivity contribution in [3.63, 3.8) is 0 Å². The van der Waals surface area contributed by atoms with Crippen molar-refractivity contribution in [3.8, 4) is 28.5 Å². The molecule has 0 bridgehead atoms. The number of carbonyl (C=O) groups is 3. The summed E-state index contributed by atoms with van der Waals surface area (Å²) in [7, 11) is 4.67. The molecule has 5 aromatic carbocycles. The molecule has 3 amide bonds. The van der Waals surface area contributed by atoms with E-state index in [1.807, 2.05) is 72.1 Å². The topological polar surface area (TPSA) is 128 Å². The Kier molecular flexibility index (Phi) is 12.4. The predicted molar refractivity (Wildman–Crippen MR) is 214 cm³/mol. The van der Waals surface area contributed by atoms with E-state index in [0.29, 0.717) is 33.4 Å². The van der Waals surface area contributed by atoms with Crippen molar-refractivity contribution in [2.45, 2.75) is 10.1 Å². The summed E-state index contributed by atoms with van der Waals surface area (Å²) in [5.74, 6) is 0.534. The number of anilines is 2. The van der Waals surface area contributed by atoms with E-state index in [4.69, 9.17) is 14.2 Å². The van der Waals surface area contributed by atoms with Gasteiger partial charge >= 0.3 is 0 Å². The van der Waals surface area contributed by atoms with E-state index in [9.17, 15) is 14.4 Å². The van der Waals surface area contributed by atoms with Crippen LogP contribution in [0.4, 0.5) is 10.8 Å². The second kappa shape index (κ2) is 17.9. The second-order valence-corrected chi connectivity index (χ2v) is 13.7. The fourth-order valence-electron chi connectivity index (χ4n) is 5.30. The van der Waals surface area contributed by atoms with Gasteiger partial charge in [0.1, 0.15) is 28.2 Å². The summed E-state index contributed by atoms with van der Waals surface area (Å²) in [4.78, 5) is 46.1. The zero-order valence-corrected chi connectivity index (χ0v) is 31.2. The number of aromatic nitrogens is 1. The Bertz CT molecular complexity index is 2260. The van der Waals surface area contributed by atoms with Crippen LogP contribution in [0.1, 0.15) is 26.7 Å². The highest BCUT2D eigenvalue weighted by Gasteiger charge is 2.24. The third-order valence-corrected chi connectivity index (χ3v) is 10.1. The SMILES string of the molecule is COc1cccc(-c2csc(NC(=O)C(Sc3ccc(NC(=O)/C(=C/c4ccc(OC)cc4OC)NC(=O)c4ccccc4)cc3)c3ccccc3)n2)c1. The molecule has 1 unspecified atom stereocenters. The molecule has 0 aliphatic carbocycles. The Labute approximate surface area is 321 Å². The van der Waals surface area contributed by atoms with Crippen LogP contribution in [0.5, 0.6) is 17.2 Å². The van der Waals surface area contributed by atoms with Crippen molar-refractivity contribution in [2.24, 2.45) is 0 Å². The third-order valence-electron chi connectivity index (χ3n) is 8.08. The van der Waals surface area contributed by atoms with Crippen LogP contribution in [-0.2, 0) is 9.59 Å². The first-order valence-corrected chi connectivity index (χ1v) is 18.4. The summed E-state index contributed by atoms with van der Waals surface area (Å²) in [5, 5.41) is 10.4. The number of rotatable bonds is 14.